The average molecular weight is 239 g/mol. The van der Waals surface area contributed by atoms with Crippen molar-refractivity contribution < 1.29 is 19.1 Å². The molecule has 1 aromatic heterocycles. The lowest BCUT2D eigenvalue weighted by Crippen LogP contribution is -2.25. The molecule has 90 valence electrons. The number of hydrogen-bond donors (Lipinski definition) is 2. The van der Waals surface area contributed by atoms with Gasteiger partial charge in [-0.2, -0.15) is 0 Å². The van der Waals surface area contributed by atoms with Crippen LogP contribution in [0.15, 0.2) is 6.20 Å². The minimum atomic E-state index is -1.25. The van der Waals surface area contributed by atoms with Crippen LogP contribution in [0.4, 0.5) is 14.9 Å². The van der Waals surface area contributed by atoms with Gasteiger partial charge in [-0.05, 0) is 0 Å². The monoisotopic (exact) mass is 239 g/mol. The first-order chi connectivity index (χ1) is 8.00. The van der Waals surface area contributed by atoms with Gasteiger partial charge in [-0.25, -0.2) is 9.18 Å². The van der Waals surface area contributed by atoms with Crippen molar-refractivity contribution in [2.45, 2.75) is 13.0 Å². The van der Waals surface area contributed by atoms with Gasteiger partial charge < -0.3 is 15.3 Å². The summed E-state index contributed by atoms with van der Waals surface area (Å²) in [4.78, 5) is 27.0. The number of nitrogens with zero attached hydrogens (tertiary/aromatic N) is 2. The van der Waals surface area contributed by atoms with Gasteiger partial charge >= 0.3 is 6.09 Å². The zero-order valence-corrected chi connectivity index (χ0v) is 9.03. The largest absolute Gasteiger partial charge is 0.465 e. The van der Waals surface area contributed by atoms with E-state index in [0.717, 1.165) is 6.20 Å². The Labute approximate surface area is 96.1 Å². The van der Waals surface area contributed by atoms with Crippen molar-refractivity contribution in [3.8, 4) is 0 Å². The second kappa shape index (κ2) is 4.00. The normalized spacial score (nSPS) is 13.8. The molecule has 7 heteroatoms. The molecule has 0 radical (unpaired) electrons. The molecule has 0 fully saturated rings. The molecular weight excluding hydrogens is 229 g/mol. The Kier molecular flexibility index (Phi) is 2.66. The number of carboxylic acid groups (broad SMARTS) is 1. The van der Waals surface area contributed by atoms with Crippen molar-refractivity contribution in [1.29, 1.82) is 0 Å². The molecule has 1 aliphatic rings. The van der Waals surface area contributed by atoms with E-state index in [0.29, 0.717) is 11.4 Å². The van der Waals surface area contributed by atoms with Crippen LogP contribution in [0.25, 0.3) is 0 Å². The van der Waals surface area contributed by atoms with Crippen LogP contribution >= 0.6 is 0 Å². The van der Waals surface area contributed by atoms with Gasteiger partial charge in [0.15, 0.2) is 0 Å². The molecule has 1 aromatic rings. The zero-order chi connectivity index (χ0) is 12.6. The number of amides is 2. The van der Waals surface area contributed by atoms with Crippen LogP contribution in [-0.2, 0) is 17.8 Å². The standard InChI is InChI=1S/C10H10FN3O3/c1-14-8(15)2-7-9(14)5(3-13-10(16)17)6(11)4-12-7/h4,13H,2-3H2,1H3,(H,16,17). The van der Waals surface area contributed by atoms with Crippen LogP contribution in [0, 0.1) is 5.82 Å². The molecule has 0 unspecified atom stereocenters. The van der Waals surface area contributed by atoms with Gasteiger partial charge in [-0.15, -0.1) is 0 Å². The predicted molar refractivity (Wildman–Crippen MR) is 56.2 cm³/mol. The van der Waals surface area contributed by atoms with E-state index in [-0.39, 0.29) is 24.4 Å². The van der Waals surface area contributed by atoms with Crippen LogP contribution < -0.4 is 10.2 Å². The van der Waals surface area contributed by atoms with Crippen molar-refractivity contribution in [3.05, 3.63) is 23.3 Å². The summed E-state index contributed by atoms with van der Waals surface area (Å²) in [6.45, 7) is -0.191. The third kappa shape index (κ3) is 1.91. The Hall–Kier alpha value is -2.18. The number of carbonyl (C=O) groups is 2. The summed E-state index contributed by atoms with van der Waals surface area (Å²) in [5, 5.41) is 10.6. The van der Waals surface area contributed by atoms with E-state index < -0.39 is 11.9 Å². The highest BCUT2D eigenvalue weighted by molar-refractivity contribution is 6.01. The molecule has 0 spiro atoms. The molecule has 6 nitrogen and oxygen atoms in total. The average Bonchev–Trinajstić information content (AvgIpc) is 2.54. The maximum Gasteiger partial charge on any atom is 0.404 e. The summed E-state index contributed by atoms with van der Waals surface area (Å²) >= 11 is 0. The summed E-state index contributed by atoms with van der Waals surface area (Å²) < 4.78 is 13.6. The first-order valence-corrected chi connectivity index (χ1v) is 4.90. The van der Waals surface area contributed by atoms with Crippen molar-refractivity contribution in [1.82, 2.24) is 10.3 Å². The van der Waals surface area contributed by atoms with Crippen molar-refractivity contribution in [3.63, 3.8) is 0 Å². The molecule has 0 bridgehead atoms. The second-order valence-corrected chi connectivity index (χ2v) is 3.67. The summed E-state index contributed by atoms with van der Waals surface area (Å²) in [5.41, 5.74) is 0.982. The Morgan fingerprint density at radius 1 is 1.71 bits per heavy atom. The Bertz CT molecular complexity index is 504. The first kappa shape index (κ1) is 11.3. The van der Waals surface area contributed by atoms with Gasteiger partial charge in [0.25, 0.3) is 0 Å². The lowest BCUT2D eigenvalue weighted by molar-refractivity contribution is -0.117. The topological polar surface area (TPSA) is 82.5 Å². The summed E-state index contributed by atoms with van der Waals surface area (Å²) in [7, 11) is 1.51. The Morgan fingerprint density at radius 2 is 2.41 bits per heavy atom. The fourth-order valence-corrected chi connectivity index (χ4v) is 1.81. The fourth-order valence-electron chi connectivity index (χ4n) is 1.81. The summed E-state index contributed by atoms with van der Waals surface area (Å²) in [6.07, 6.45) is -0.127. The van der Waals surface area contributed by atoms with Crippen LogP contribution in [0.3, 0.4) is 0 Å². The van der Waals surface area contributed by atoms with Crippen LogP contribution in [0.5, 0.6) is 0 Å². The number of pyridine rings is 1. The first-order valence-electron chi connectivity index (χ1n) is 4.90. The molecular formula is C10H10FN3O3. The van der Waals surface area contributed by atoms with Gasteiger partial charge in [0.1, 0.15) is 5.82 Å². The number of likely N-dealkylation sites (N-methyl/N-ethyl adjacent to an activating group) is 1. The molecule has 2 heterocycles. The third-order valence-corrected chi connectivity index (χ3v) is 2.63. The second-order valence-electron chi connectivity index (χ2n) is 3.67. The molecule has 0 atom stereocenters. The van der Waals surface area contributed by atoms with Crippen molar-refractivity contribution in [2.75, 3.05) is 11.9 Å². The number of halogens is 1. The van der Waals surface area contributed by atoms with Gasteiger partial charge in [0.05, 0.1) is 30.5 Å². The minimum Gasteiger partial charge on any atom is -0.465 e. The SMILES string of the molecule is CN1C(=O)Cc2ncc(F)c(CNC(=O)O)c21. The van der Waals surface area contributed by atoms with Crippen LogP contribution in [0.2, 0.25) is 0 Å². The Morgan fingerprint density at radius 3 is 3.06 bits per heavy atom. The van der Waals surface area contributed by atoms with Crippen LogP contribution in [0.1, 0.15) is 11.3 Å². The number of nitrogens with one attached hydrogen (secondary N) is 1. The van der Waals surface area contributed by atoms with E-state index in [2.05, 4.69) is 10.3 Å². The Balaban J connectivity index is 2.41. The maximum absolute atomic E-state index is 13.6. The molecule has 0 aliphatic carbocycles. The van der Waals surface area contributed by atoms with Crippen LogP contribution in [-0.4, -0.2) is 29.1 Å². The third-order valence-electron chi connectivity index (χ3n) is 2.63. The number of carbonyl (C=O) groups excluding carboxylic acids is 1. The quantitative estimate of drug-likeness (QED) is 0.787. The number of aromatic nitrogens is 1. The molecule has 2 amide bonds. The highest BCUT2D eigenvalue weighted by Crippen LogP contribution is 2.31. The molecule has 0 saturated carbocycles. The lowest BCUT2D eigenvalue weighted by atomic mass is 10.1. The highest BCUT2D eigenvalue weighted by atomic mass is 19.1. The van der Waals surface area contributed by atoms with Gasteiger partial charge in [-0.3, -0.25) is 9.78 Å². The smallest absolute Gasteiger partial charge is 0.404 e. The number of rotatable bonds is 2. The van der Waals surface area contributed by atoms with Crippen molar-refractivity contribution in [2.24, 2.45) is 0 Å². The summed E-state index contributed by atoms with van der Waals surface area (Å²) in [5.74, 6) is -0.811. The molecule has 0 saturated heterocycles. The molecule has 2 N–H and O–H groups in total. The van der Waals surface area contributed by atoms with Gasteiger partial charge in [0.2, 0.25) is 5.91 Å². The molecule has 17 heavy (non-hydrogen) atoms. The van der Waals surface area contributed by atoms with E-state index in [4.69, 9.17) is 5.11 Å². The van der Waals surface area contributed by atoms with E-state index in [1.807, 2.05) is 0 Å². The number of anilines is 1. The number of fused-ring (bicyclic) bond motifs is 1. The lowest BCUT2D eigenvalue weighted by Gasteiger charge is -2.15. The number of hydrogen-bond acceptors (Lipinski definition) is 3. The van der Waals surface area contributed by atoms with Gasteiger partial charge in [0, 0.05) is 12.6 Å². The predicted octanol–water partition coefficient (Wildman–Crippen LogP) is 0.507. The van der Waals surface area contributed by atoms with Gasteiger partial charge in [-0.1, -0.05) is 0 Å². The maximum atomic E-state index is 13.6. The van der Waals surface area contributed by atoms with Crippen molar-refractivity contribution >= 4 is 17.7 Å². The van der Waals surface area contributed by atoms with E-state index in [9.17, 15) is 14.0 Å². The minimum absolute atomic E-state index is 0.117. The molecule has 2 rings (SSSR count). The zero-order valence-electron chi connectivity index (χ0n) is 9.03. The highest BCUT2D eigenvalue weighted by Gasteiger charge is 2.29. The van der Waals surface area contributed by atoms with E-state index >= 15 is 0 Å². The van der Waals surface area contributed by atoms with E-state index in [1.54, 1.807) is 0 Å². The fraction of sp³-hybridized carbons (Fsp3) is 0.300. The molecule has 1 aliphatic heterocycles. The summed E-state index contributed by atoms with van der Waals surface area (Å²) in [6, 6.07) is 0. The van der Waals surface area contributed by atoms with E-state index in [1.165, 1.54) is 11.9 Å². The molecule has 0 aromatic carbocycles.